The van der Waals surface area contributed by atoms with Gasteiger partial charge in [0, 0.05) is 30.2 Å². The molecule has 0 aliphatic carbocycles. The molecule has 7 heteroatoms. The average Bonchev–Trinajstić information content (AvgIpc) is 2.65. The number of nitrogens with one attached hydrogen (secondary N) is 3. The van der Waals surface area contributed by atoms with Crippen LogP contribution >= 0.6 is 39.9 Å². The third-order valence-electron chi connectivity index (χ3n) is 3.69. The maximum absolute atomic E-state index is 12.0. The van der Waals surface area contributed by atoms with Crippen LogP contribution in [0, 0.1) is 0 Å². The molecule has 3 N–H and O–H groups in total. The van der Waals surface area contributed by atoms with Crippen LogP contribution in [0.2, 0.25) is 0 Å². The van der Waals surface area contributed by atoms with Crippen molar-refractivity contribution in [2.45, 2.75) is 13.0 Å². The van der Waals surface area contributed by atoms with Crippen LogP contribution in [0.4, 0.5) is 0 Å². The molecule has 140 valence electrons. The number of benzene rings is 2. The second kappa shape index (κ2) is 11.9. The molecule has 0 fully saturated rings. The van der Waals surface area contributed by atoms with E-state index in [4.69, 9.17) is 0 Å². The molecule has 2 aromatic rings. The van der Waals surface area contributed by atoms with Crippen molar-refractivity contribution in [2.75, 3.05) is 20.1 Å². The maximum Gasteiger partial charge on any atom is 0.251 e. The van der Waals surface area contributed by atoms with Crippen molar-refractivity contribution in [3.05, 3.63) is 70.2 Å². The Labute approximate surface area is 180 Å². The van der Waals surface area contributed by atoms with Crippen LogP contribution in [0.3, 0.4) is 0 Å². The molecule has 1 atom stereocenters. The van der Waals surface area contributed by atoms with Gasteiger partial charge in [0.2, 0.25) is 0 Å². The summed E-state index contributed by atoms with van der Waals surface area (Å²) in [5.41, 5.74) is 1.83. The van der Waals surface area contributed by atoms with Crippen LogP contribution in [0.5, 0.6) is 0 Å². The highest BCUT2D eigenvalue weighted by molar-refractivity contribution is 14.0. The zero-order chi connectivity index (χ0) is 18.1. The van der Waals surface area contributed by atoms with Gasteiger partial charge in [-0.25, -0.2) is 0 Å². The topological polar surface area (TPSA) is 65.5 Å². The largest absolute Gasteiger partial charge is 0.355 e. The molecule has 0 heterocycles. The fourth-order valence-corrected chi connectivity index (χ4v) is 2.55. The lowest BCUT2D eigenvalue weighted by molar-refractivity contribution is 0.0954. The van der Waals surface area contributed by atoms with Crippen LogP contribution in [0.15, 0.2) is 64.1 Å². The van der Waals surface area contributed by atoms with Gasteiger partial charge in [0.15, 0.2) is 5.96 Å². The molecule has 5 nitrogen and oxygen atoms in total. The lowest BCUT2D eigenvalue weighted by Gasteiger charge is -2.18. The zero-order valence-corrected chi connectivity index (χ0v) is 18.7. The third-order valence-corrected chi connectivity index (χ3v) is 4.21. The van der Waals surface area contributed by atoms with Crippen molar-refractivity contribution >= 4 is 51.8 Å². The Morgan fingerprint density at radius 3 is 2.27 bits per heavy atom. The van der Waals surface area contributed by atoms with E-state index in [-0.39, 0.29) is 35.9 Å². The molecule has 0 radical (unpaired) electrons. The van der Waals surface area contributed by atoms with E-state index in [1.165, 1.54) is 5.56 Å². The molecule has 0 saturated carbocycles. The highest BCUT2D eigenvalue weighted by Gasteiger charge is 2.07. The summed E-state index contributed by atoms with van der Waals surface area (Å²) in [5, 5.41) is 9.42. The van der Waals surface area contributed by atoms with Crippen molar-refractivity contribution in [2.24, 2.45) is 4.99 Å². The van der Waals surface area contributed by atoms with Gasteiger partial charge in [0.25, 0.3) is 5.91 Å². The summed E-state index contributed by atoms with van der Waals surface area (Å²) in [5.74, 6) is 0.615. The quantitative estimate of drug-likeness (QED) is 0.231. The highest BCUT2D eigenvalue weighted by atomic mass is 127. The molecule has 0 bridgehead atoms. The molecule has 0 aromatic heterocycles. The number of hydrogen-bond acceptors (Lipinski definition) is 2. The van der Waals surface area contributed by atoms with Crippen molar-refractivity contribution in [1.29, 1.82) is 0 Å². The average molecular weight is 531 g/mol. The first kappa shape index (κ1) is 22.4. The number of rotatable bonds is 6. The Balaban J connectivity index is 0.00000338. The number of halogens is 2. The molecular formula is C19H24BrIN4O. The molecule has 0 aliphatic rings. The monoisotopic (exact) mass is 530 g/mol. The first-order chi connectivity index (χ1) is 12.1. The smallest absolute Gasteiger partial charge is 0.251 e. The number of carbonyl (C=O) groups is 1. The Kier molecular flexibility index (Phi) is 10.3. The van der Waals surface area contributed by atoms with Crippen molar-refractivity contribution in [3.63, 3.8) is 0 Å². The van der Waals surface area contributed by atoms with Gasteiger partial charge >= 0.3 is 0 Å². The van der Waals surface area contributed by atoms with Crippen molar-refractivity contribution in [1.82, 2.24) is 16.0 Å². The van der Waals surface area contributed by atoms with Crippen LogP contribution in [0.1, 0.15) is 28.9 Å². The van der Waals surface area contributed by atoms with Gasteiger partial charge in [-0.05, 0) is 36.8 Å². The standard InChI is InChI=1S/C19H23BrN4O.HI/c1-14(15-6-4-3-5-7-15)24-19(21-2)23-13-12-22-18(25)16-8-10-17(20)11-9-16;/h3-11,14H,12-13H2,1-2H3,(H,22,25)(H2,21,23,24);1H. The third kappa shape index (κ3) is 7.33. The first-order valence-corrected chi connectivity index (χ1v) is 8.95. The van der Waals surface area contributed by atoms with E-state index in [0.29, 0.717) is 24.6 Å². The Morgan fingerprint density at radius 2 is 1.65 bits per heavy atom. The summed E-state index contributed by atoms with van der Waals surface area (Å²) in [7, 11) is 1.73. The molecule has 2 rings (SSSR count). The second-order valence-electron chi connectivity index (χ2n) is 5.54. The van der Waals surface area contributed by atoms with Crippen LogP contribution in [-0.2, 0) is 0 Å². The van der Waals surface area contributed by atoms with Crippen LogP contribution in [-0.4, -0.2) is 32.0 Å². The SMILES string of the molecule is CN=C(NCCNC(=O)c1ccc(Br)cc1)NC(C)c1ccccc1.I. The zero-order valence-electron chi connectivity index (χ0n) is 14.8. The number of nitrogens with zero attached hydrogens (tertiary/aromatic N) is 1. The Bertz CT molecular complexity index is 707. The minimum absolute atomic E-state index is 0. The molecule has 0 saturated heterocycles. The fourth-order valence-electron chi connectivity index (χ4n) is 2.29. The summed E-state index contributed by atoms with van der Waals surface area (Å²) >= 11 is 3.36. The predicted molar refractivity (Wildman–Crippen MR) is 121 cm³/mol. The molecule has 1 unspecified atom stereocenters. The van der Waals surface area contributed by atoms with E-state index in [0.717, 1.165) is 4.47 Å². The van der Waals surface area contributed by atoms with E-state index < -0.39 is 0 Å². The van der Waals surface area contributed by atoms with Gasteiger partial charge < -0.3 is 16.0 Å². The normalized spacial score (nSPS) is 11.9. The van der Waals surface area contributed by atoms with Crippen molar-refractivity contribution < 1.29 is 4.79 Å². The minimum atomic E-state index is -0.0881. The van der Waals surface area contributed by atoms with Gasteiger partial charge in [-0.2, -0.15) is 0 Å². The molecular weight excluding hydrogens is 507 g/mol. The van der Waals surface area contributed by atoms with Gasteiger partial charge in [-0.1, -0.05) is 46.3 Å². The number of guanidine groups is 1. The molecule has 0 aliphatic heterocycles. The first-order valence-electron chi connectivity index (χ1n) is 8.16. The summed E-state index contributed by atoms with van der Waals surface area (Å²) < 4.78 is 0.952. The summed E-state index contributed by atoms with van der Waals surface area (Å²) in [6.45, 7) is 3.18. The number of hydrogen-bond donors (Lipinski definition) is 3. The Morgan fingerprint density at radius 1 is 1.04 bits per heavy atom. The molecule has 1 amide bonds. The molecule has 2 aromatic carbocycles. The van der Waals surface area contributed by atoms with E-state index >= 15 is 0 Å². The van der Waals surface area contributed by atoms with Gasteiger partial charge in [0.1, 0.15) is 0 Å². The Hall–Kier alpha value is -1.61. The van der Waals surface area contributed by atoms with Crippen LogP contribution in [0.25, 0.3) is 0 Å². The van der Waals surface area contributed by atoms with Crippen LogP contribution < -0.4 is 16.0 Å². The lowest BCUT2D eigenvalue weighted by Crippen LogP contribution is -2.42. The number of carbonyl (C=O) groups excluding carboxylic acids is 1. The highest BCUT2D eigenvalue weighted by Crippen LogP contribution is 2.11. The number of aliphatic imine (C=N–C) groups is 1. The lowest BCUT2D eigenvalue weighted by atomic mass is 10.1. The fraction of sp³-hybridized carbons (Fsp3) is 0.263. The van der Waals surface area contributed by atoms with Crippen molar-refractivity contribution in [3.8, 4) is 0 Å². The predicted octanol–water partition coefficient (Wildman–Crippen LogP) is 3.72. The second-order valence-corrected chi connectivity index (χ2v) is 6.45. The van der Waals surface area contributed by atoms with Gasteiger partial charge in [-0.15, -0.1) is 24.0 Å². The van der Waals surface area contributed by atoms with E-state index in [1.807, 2.05) is 30.3 Å². The minimum Gasteiger partial charge on any atom is -0.355 e. The summed E-state index contributed by atoms with van der Waals surface area (Å²) in [6, 6.07) is 17.6. The summed E-state index contributed by atoms with van der Waals surface area (Å²) in [4.78, 5) is 16.2. The van der Waals surface area contributed by atoms with E-state index in [9.17, 15) is 4.79 Å². The molecule has 26 heavy (non-hydrogen) atoms. The number of amides is 1. The van der Waals surface area contributed by atoms with Gasteiger partial charge in [0.05, 0.1) is 6.04 Å². The van der Waals surface area contributed by atoms with E-state index in [1.54, 1.807) is 19.2 Å². The molecule has 0 spiro atoms. The van der Waals surface area contributed by atoms with E-state index in [2.05, 4.69) is 55.9 Å². The maximum atomic E-state index is 12.0. The van der Waals surface area contributed by atoms with Gasteiger partial charge in [-0.3, -0.25) is 9.79 Å². The summed E-state index contributed by atoms with van der Waals surface area (Å²) in [6.07, 6.45) is 0.